The van der Waals surface area contributed by atoms with Crippen LogP contribution in [-0.4, -0.2) is 61.0 Å². The highest BCUT2D eigenvalue weighted by atomic mass is 35.5. The molecule has 1 amide bonds. The second-order valence-corrected chi connectivity index (χ2v) is 8.34. The molecule has 1 aromatic rings. The van der Waals surface area contributed by atoms with Gasteiger partial charge in [0, 0.05) is 55.6 Å². The van der Waals surface area contributed by atoms with E-state index in [4.69, 9.17) is 0 Å². The van der Waals surface area contributed by atoms with E-state index in [2.05, 4.69) is 27.4 Å². The highest BCUT2D eigenvalue weighted by Crippen LogP contribution is 2.34. The predicted molar refractivity (Wildman–Crippen MR) is 102 cm³/mol. The Labute approximate surface area is 155 Å². The Bertz CT molecular complexity index is 585. The van der Waals surface area contributed by atoms with Gasteiger partial charge in [-0.3, -0.25) is 9.69 Å². The minimum atomic E-state index is 0. The van der Waals surface area contributed by atoms with Gasteiger partial charge in [0.1, 0.15) is 0 Å². The number of amides is 1. The van der Waals surface area contributed by atoms with E-state index in [0.29, 0.717) is 6.04 Å². The van der Waals surface area contributed by atoms with E-state index in [-0.39, 0.29) is 18.3 Å². The Morgan fingerprint density at radius 2 is 2.04 bits per heavy atom. The van der Waals surface area contributed by atoms with Crippen LogP contribution in [0.4, 0.5) is 0 Å². The molecule has 2 fully saturated rings. The van der Waals surface area contributed by atoms with Gasteiger partial charge in [0.05, 0.1) is 5.56 Å². The summed E-state index contributed by atoms with van der Waals surface area (Å²) >= 11 is 1.81. The summed E-state index contributed by atoms with van der Waals surface area (Å²) in [5.74, 6) is 1.06. The Morgan fingerprint density at radius 3 is 2.83 bits per heavy atom. The van der Waals surface area contributed by atoms with Gasteiger partial charge in [-0.25, -0.2) is 0 Å². The molecule has 134 valence electrons. The van der Waals surface area contributed by atoms with Crippen molar-refractivity contribution in [3.05, 3.63) is 21.4 Å². The van der Waals surface area contributed by atoms with Crippen molar-refractivity contribution >= 4 is 29.7 Å². The summed E-state index contributed by atoms with van der Waals surface area (Å²) in [4.78, 5) is 19.1. The monoisotopic (exact) mass is 369 g/mol. The van der Waals surface area contributed by atoms with Crippen LogP contribution in [0.3, 0.4) is 0 Å². The standard InChI is InChI=1S/C18H27N3OS.ClH/c1-13-2-3-15-16(12-23-17(15)10-13)18(22)21-7-4-14(11-21)20-8-5-19-6-9-20;/h12-14,19H,2-11H2,1H3;1H. The Hall–Kier alpha value is -0.620. The average molecular weight is 370 g/mol. The fourth-order valence-electron chi connectivity index (χ4n) is 4.30. The minimum Gasteiger partial charge on any atom is -0.337 e. The molecule has 24 heavy (non-hydrogen) atoms. The number of halogens is 1. The number of rotatable bonds is 2. The number of carbonyl (C=O) groups excluding carboxylic acids is 1. The summed E-state index contributed by atoms with van der Waals surface area (Å²) in [5.41, 5.74) is 2.38. The van der Waals surface area contributed by atoms with Crippen LogP contribution in [0.2, 0.25) is 0 Å². The van der Waals surface area contributed by atoms with Crippen LogP contribution in [0.5, 0.6) is 0 Å². The van der Waals surface area contributed by atoms with Crippen LogP contribution >= 0.6 is 23.7 Å². The molecular formula is C18H28ClN3OS. The second-order valence-electron chi connectivity index (χ2n) is 7.38. The van der Waals surface area contributed by atoms with Crippen molar-refractivity contribution < 1.29 is 4.79 Å². The summed E-state index contributed by atoms with van der Waals surface area (Å²) in [7, 11) is 0. The van der Waals surface area contributed by atoms with Gasteiger partial charge >= 0.3 is 0 Å². The SMILES string of the molecule is CC1CCc2c(C(=O)N3CCC(N4CCNCC4)C3)csc2C1.Cl. The molecule has 3 aliphatic rings. The third-order valence-corrected chi connectivity index (χ3v) is 6.80. The maximum absolute atomic E-state index is 13.0. The molecule has 0 aromatic carbocycles. The highest BCUT2D eigenvalue weighted by molar-refractivity contribution is 7.10. The molecule has 1 aliphatic carbocycles. The van der Waals surface area contributed by atoms with E-state index in [9.17, 15) is 4.79 Å². The van der Waals surface area contributed by atoms with Crippen LogP contribution in [0.1, 0.15) is 40.6 Å². The molecule has 2 aliphatic heterocycles. The third-order valence-electron chi connectivity index (χ3n) is 5.75. The normalized spacial score (nSPS) is 27.6. The predicted octanol–water partition coefficient (Wildman–Crippen LogP) is 2.41. The lowest BCUT2D eigenvalue weighted by Crippen LogP contribution is -2.49. The largest absolute Gasteiger partial charge is 0.337 e. The zero-order valence-electron chi connectivity index (χ0n) is 14.4. The first-order valence-corrected chi connectivity index (χ1v) is 9.93. The van der Waals surface area contributed by atoms with Crippen LogP contribution < -0.4 is 5.32 Å². The van der Waals surface area contributed by atoms with Crippen molar-refractivity contribution in [2.45, 2.75) is 38.6 Å². The summed E-state index contributed by atoms with van der Waals surface area (Å²) in [6.07, 6.45) is 4.62. The van der Waals surface area contributed by atoms with Crippen molar-refractivity contribution in [1.82, 2.24) is 15.1 Å². The fraction of sp³-hybridized carbons (Fsp3) is 0.722. The summed E-state index contributed by atoms with van der Waals surface area (Å²) in [6.45, 7) is 8.58. The van der Waals surface area contributed by atoms with Crippen LogP contribution in [0, 0.1) is 5.92 Å². The van der Waals surface area contributed by atoms with Gasteiger partial charge in [0.2, 0.25) is 0 Å². The molecule has 0 bridgehead atoms. The molecule has 0 spiro atoms. The van der Waals surface area contributed by atoms with E-state index in [1.807, 2.05) is 0 Å². The number of hydrogen-bond acceptors (Lipinski definition) is 4. The number of piperazine rings is 1. The molecule has 2 atom stereocenters. The van der Waals surface area contributed by atoms with E-state index in [0.717, 1.165) is 70.0 Å². The number of hydrogen-bond donors (Lipinski definition) is 1. The molecule has 0 radical (unpaired) electrons. The van der Waals surface area contributed by atoms with E-state index < -0.39 is 0 Å². The Morgan fingerprint density at radius 1 is 1.25 bits per heavy atom. The van der Waals surface area contributed by atoms with Crippen molar-refractivity contribution in [1.29, 1.82) is 0 Å². The minimum absolute atomic E-state index is 0. The molecule has 1 aromatic heterocycles. The van der Waals surface area contributed by atoms with E-state index in [1.54, 1.807) is 11.3 Å². The number of fused-ring (bicyclic) bond motifs is 1. The van der Waals surface area contributed by atoms with Crippen LogP contribution in [0.15, 0.2) is 5.38 Å². The van der Waals surface area contributed by atoms with Crippen LogP contribution in [-0.2, 0) is 12.8 Å². The van der Waals surface area contributed by atoms with Gasteiger partial charge in [-0.1, -0.05) is 6.92 Å². The zero-order valence-corrected chi connectivity index (χ0v) is 16.1. The molecule has 0 saturated carbocycles. The number of thiophene rings is 1. The average Bonchev–Trinajstić information content (AvgIpc) is 3.22. The van der Waals surface area contributed by atoms with Gasteiger partial charge in [-0.05, 0) is 37.2 Å². The second kappa shape index (κ2) is 7.73. The van der Waals surface area contributed by atoms with E-state index in [1.165, 1.54) is 16.9 Å². The molecule has 3 heterocycles. The maximum atomic E-state index is 13.0. The molecule has 2 saturated heterocycles. The summed E-state index contributed by atoms with van der Waals surface area (Å²) < 4.78 is 0. The van der Waals surface area contributed by atoms with Crippen molar-refractivity contribution in [3.8, 4) is 0 Å². The van der Waals surface area contributed by atoms with Gasteiger partial charge < -0.3 is 10.2 Å². The first-order chi connectivity index (χ1) is 11.2. The van der Waals surface area contributed by atoms with Crippen LogP contribution in [0.25, 0.3) is 0 Å². The molecule has 2 unspecified atom stereocenters. The van der Waals surface area contributed by atoms with Crippen molar-refractivity contribution in [2.75, 3.05) is 39.3 Å². The first-order valence-electron chi connectivity index (χ1n) is 9.05. The molecule has 1 N–H and O–H groups in total. The molecule has 4 nitrogen and oxygen atoms in total. The number of likely N-dealkylation sites (tertiary alicyclic amines) is 1. The zero-order chi connectivity index (χ0) is 15.8. The third kappa shape index (κ3) is 3.50. The Balaban J connectivity index is 0.00000169. The topological polar surface area (TPSA) is 35.6 Å². The molecule has 4 rings (SSSR count). The Kier molecular flexibility index (Phi) is 5.85. The van der Waals surface area contributed by atoms with Gasteiger partial charge in [-0.15, -0.1) is 23.7 Å². The summed E-state index contributed by atoms with van der Waals surface area (Å²) in [6, 6.07) is 0.565. The van der Waals surface area contributed by atoms with Crippen molar-refractivity contribution in [2.24, 2.45) is 5.92 Å². The first kappa shape index (κ1) is 18.2. The smallest absolute Gasteiger partial charge is 0.255 e. The number of nitrogens with one attached hydrogen (secondary N) is 1. The highest BCUT2D eigenvalue weighted by Gasteiger charge is 2.33. The van der Waals surface area contributed by atoms with Gasteiger partial charge in [-0.2, -0.15) is 0 Å². The van der Waals surface area contributed by atoms with Crippen molar-refractivity contribution in [3.63, 3.8) is 0 Å². The van der Waals surface area contributed by atoms with Gasteiger partial charge in [0.25, 0.3) is 5.91 Å². The van der Waals surface area contributed by atoms with Gasteiger partial charge in [0.15, 0.2) is 0 Å². The molecular weight excluding hydrogens is 342 g/mol. The number of nitrogens with zero attached hydrogens (tertiary/aromatic N) is 2. The maximum Gasteiger partial charge on any atom is 0.255 e. The molecule has 6 heteroatoms. The van der Waals surface area contributed by atoms with E-state index >= 15 is 0 Å². The fourth-order valence-corrected chi connectivity index (χ4v) is 5.54. The lowest BCUT2D eigenvalue weighted by atomic mass is 9.88. The lowest BCUT2D eigenvalue weighted by Gasteiger charge is -2.32. The quantitative estimate of drug-likeness (QED) is 0.869. The number of carbonyl (C=O) groups is 1. The lowest BCUT2D eigenvalue weighted by molar-refractivity contribution is 0.0772. The summed E-state index contributed by atoms with van der Waals surface area (Å²) in [5, 5.41) is 5.54.